The Balaban J connectivity index is 1.73. The maximum Gasteiger partial charge on any atom is 0.310 e. The minimum atomic E-state index is -0.138. The highest BCUT2D eigenvalue weighted by Crippen LogP contribution is 2.29. The largest absolute Gasteiger partial charge is 0.469 e. The molecule has 0 heterocycles. The van der Waals surface area contributed by atoms with Gasteiger partial charge in [0, 0.05) is 6.54 Å². The number of methoxy groups -OCH3 is 1. The van der Waals surface area contributed by atoms with Gasteiger partial charge in [0.15, 0.2) is 0 Å². The molecule has 0 aliphatic heterocycles. The molecule has 0 radical (unpaired) electrons. The van der Waals surface area contributed by atoms with Crippen molar-refractivity contribution in [2.45, 2.75) is 45.1 Å². The average Bonchev–Trinajstić information content (AvgIpc) is 2.58. The fourth-order valence-electron chi connectivity index (χ4n) is 3.12. The van der Waals surface area contributed by atoms with E-state index in [1.807, 2.05) is 30.3 Å². The van der Waals surface area contributed by atoms with Crippen LogP contribution in [0.3, 0.4) is 0 Å². The van der Waals surface area contributed by atoms with Gasteiger partial charge < -0.3 is 4.74 Å². The first-order valence-electron chi connectivity index (χ1n) is 8.26. The van der Waals surface area contributed by atoms with Crippen molar-refractivity contribution < 1.29 is 14.4 Å². The summed E-state index contributed by atoms with van der Waals surface area (Å²) in [5.41, 5.74) is 4.05. The molecule has 4 heteroatoms. The van der Waals surface area contributed by atoms with Crippen molar-refractivity contribution in [3.05, 3.63) is 35.9 Å². The molecule has 0 aromatic heterocycles. The van der Waals surface area contributed by atoms with Gasteiger partial charge in [-0.25, -0.2) is 5.48 Å². The third-order valence-corrected chi connectivity index (χ3v) is 4.39. The molecule has 1 aliphatic carbocycles. The van der Waals surface area contributed by atoms with Gasteiger partial charge in [-0.15, -0.1) is 0 Å². The summed E-state index contributed by atoms with van der Waals surface area (Å²) in [6.45, 7) is 1.01. The Morgan fingerprint density at radius 1 is 1.23 bits per heavy atom. The molecule has 2 rings (SSSR count). The number of carbonyl (C=O) groups is 1. The number of ether oxygens (including phenoxy) is 1. The zero-order chi connectivity index (χ0) is 15.6. The van der Waals surface area contributed by atoms with E-state index in [-0.39, 0.29) is 11.9 Å². The number of esters is 1. The van der Waals surface area contributed by atoms with E-state index in [1.54, 1.807) is 0 Å². The van der Waals surface area contributed by atoms with Crippen LogP contribution in [0.25, 0.3) is 0 Å². The van der Waals surface area contributed by atoms with Crippen LogP contribution in [-0.4, -0.2) is 19.6 Å². The van der Waals surface area contributed by atoms with Crippen molar-refractivity contribution in [1.82, 2.24) is 5.48 Å². The summed E-state index contributed by atoms with van der Waals surface area (Å²) in [7, 11) is 1.46. The summed E-state index contributed by atoms with van der Waals surface area (Å²) in [6, 6.07) is 9.98. The van der Waals surface area contributed by atoms with E-state index >= 15 is 0 Å². The maximum absolute atomic E-state index is 11.9. The first-order chi connectivity index (χ1) is 10.8. The molecule has 1 saturated carbocycles. The standard InChI is InChI=1S/C18H27NO3/c1-21-18(20)17(12-15-8-4-2-5-9-15)13-19-22-14-16-10-6-3-7-11-16/h3,6-7,10-11,15,17,19H,2,4-5,8-9,12-14H2,1H3/t17-/m1/s1. The van der Waals surface area contributed by atoms with Crippen LogP contribution in [0.15, 0.2) is 30.3 Å². The van der Waals surface area contributed by atoms with Gasteiger partial charge in [-0.3, -0.25) is 9.63 Å². The van der Waals surface area contributed by atoms with E-state index in [1.165, 1.54) is 39.2 Å². The van der Waals surface area contributed by atoms with E-state index < -0.39 is 0 Å². The second-order valence-corrected chi connectivity index (χ2v) is 6.08. The number of rotatable bonds is 8. The van der Waals surface area contributed by atoms with E-state index in [9.17, 15) is 4.79 Å². The minimum Gasteiger partial charge on any atom is -0.469 e. The molecular weight excluding hydrogens is 278 g/mol. The van der Waals surface area contributed by atoms with Crippen LogP contribution in [-0.2, 0) is 21.0 Å². The number of carbonyl (C=O) groups excluding carboxylic acids is 1. The third-order valence-electron chi connectivity index (χ3n) is 4.39. The second-order valence-electron chi connectivity index (χ2n) is 6.08. The summed E-state index contributed by atoms with van der Waals surface area (Å²) in [4.78, 5) is 17.4. The lowest BCUT2D eigenvalue weighted by Gasteiger charge is -2.25. The highest BCUT2D eigenvalue weighted by atomic mass is 16.6. The molecule has 1 fully saturated rings. The number of hydroxylamine groups is 1. The van der Waals surface area contributed by atoms with Crippen LogP contribution in [0.5, 0.6) is 0 Å². The van der Waals surface area contributed by atoms with Gasteiger partial charge in [-0.1, -0.05) is 62.4 Å². The Morgan fingerprint density at radius 2 is 1.95 bits per heavy atom. The molecule has 0 bridgehead atoms. The SMILES string of the molecule is COC(=O)[C@@H](CNOCc1ccccc1)CC1CCCCC1. The summed E-state index contributed by atoms with van der Waals surface area (Å²) < 4.78 is 4.93. The van der Waals surface area contributed by atoms with Gasteiger partial charge in [0.1, 0.15) is 0 Å². The molecule has 0 amide bonds. The lowest BCUT2D eigenvalue weighted by Crippen LogP contribution is -2.31. The predicted molar refractivity (Wildman–Crippen MR) is 85.9 cm³/mol. The van der Waals surface area contributed by atoms with Crippen LogP contribution in [0.2, 0.25) is 0 Å². The molecule has 0 saturated heterocycles. The molecule has 122 valence electrons. The maximum atomic E-state index is 11.9. The zero-order valence-corrected chi connectivity index (χ0v) is 13.4. The monoisotopic (exact) mass is 305 g/mol. The first kappa shape index (κ1) is 17.0. The van der Waals surface area contributed by atoms with Crippen molar-refractivity contribution in [2.24, 2.45) is 11.8 Å². The summed E-state index contributed by atoms with van der Waals surface area (Å²) >= 11 is 0. The van der Waals surface area contributed by atoms with E-state index in [0.29, 0.717) is 19.1 Å². The highest BCUT2D eigenvalue weighted by Gasteiger charge is 2.24. The minimum absolute atomic E-state index is 0.121. The third kappa shape index (κ3) is 5.78. The Labute approximate surface area is 133 Å². The highest BCUT2D eigenvalue weighted by molar-refractivity contribution is 5.72. The zero-order valence-electron chi connectivity index (χ0n) is 13.4. The smallest absolute Gasteiger partial charge is 0.310 e. The van der Waals surface area contributed by atoms with Gasteiger partial charge in [-0.05, 0) is 17.9 Å². The van der Waals surface area contributed by atoms with Crippen LogP contribution in [0.1, 0.15) is 44.1 Å². The van der Waals surface area contributed by atoms with Gasteiger partial charge in [0.05, 0.1) is 19.6 Å². The van der Waals surface area contributed by atoms with Gasteiger partial charge in [0.2, 0.25) is 0 Å². The van der Waals surface area contributed by atoms with Crippen molar-refractivity contribution in [2.75, 3.05) is 13.7 Å². The average molecular weight is 305 g/mol. The van der Waals surface area contributed by atoms with E-state index in [4.69, 9.17) is 9.57 Å². The van der Waals surface area contributed by atoms with Crippen molar-refractivity contribution >= 4 is 5.97 Å². The number of hydrogen-bond acceptors (Lipinski definition) is 4. The Hall–Kier alpha value is -1.39. The quantitative estimate of drug-likeness (QED) is 0.454. The fourth-order valence-corrected chi connectivity index (χ4v) is 3.12. The van der Waals surface area contributed by atoms with Crippen molar-refractivity contribution in [3.63, 3.8) is 0 Å². The number of hydrogen-bond donors (Lipinski definition) is 1. The van der Waals surface area contributed by atoms with Crippen molar-refractivity contribution in [3.8, 4) is 0 Å². The lowest BCUT2D eigenvalue weighted by atomic mass is 9.83. The van der Waals surface area contributed by atoms with E-state index in [0.717, 1.165) is 12.0 Å². The predicted octanol–water partition coefficient (Wildman–Crippen LogP) is 3.47. The molecule has 4 nitrogen and oxygen atoms in total. The molecule has 1 aromatic rings. The van der Waals surface area contributed by atoms with Crippen LogP contribution in [0.4, 0.5) is 0 Å². The van der Waals surface area contributed by atoms with Gasteiger partial charge >= 0.3 is 5.97 Å². The molecule has 22 heavy (non-hydrogen) atoms. The Morgan fingerprint density at radius 3 is 2.64 bits per heavy atom. The number of nitrogens with one attached hydrogen (secondary N) is 1. The fraction of sp³-hybridized carbons (Fsp3) is 0.611. The molecule has 1 aliphatic rings. The summed E-state index contributed by atoms with van der Waals surface area (Å²) in [6.07, 6.45) is 7.27. The van der Waals surface area contributed by atoms with Crippen LogP contribution >= 0.6 is 0 Å². The Bertz CT molecular complexity index is 429. The summed E-state index contributed by atoms with van der Waals surface area (Å²) in [5.74, 6) is 0.388. The Kier molecular flexibility index (Phi) is 7.40. The molecule has 1 atom stereocenters. The topological polar surface area (TPSA) is 47.6 Å². The molecule has 1 aromatic carbocycles. The summed E-state index contributed by atoms with van der Waals surface area (Å²) in [5, 5.41) is 0. The van der Waals surface area contributed by atoms with E-state index in [2.05, 4.69) is 5.48 Å². The normalized spacial score (nSPS) is 17.1. The van der Waals surface area contributed by atoms with Crippen LogP contribution in [0, 0.1) is 11.8 Å². The lowest BCUT2D eigenvalue weighted by molar-refractivity contribution is -0.147. The number of benzene rings is 1. The van der Waals surface area contributed by atoms with Crippen molar-refractivity contribution in [1.29, 1.82) is 0 Å². The molecular formula is C18H27NO3. The first-order valence-corrected chi connectivity index (χ1v) is 8.26. The van der Waals surface area contributed by atoms with Gasteiger partial charge in [-0.2, -0.15) is 0 Å². The molecule has 0 spiro atoms. The van der Waals surface area contributed by atoms with Gasteiger partial charge in [0.25, 0.3) is 0 Å². The molecule has 1 N–H and O–H groups in total. The molecule has 0 unspecified atom stereocenters. The second kappa shape index (κ2) is 9.59. The van der Waals surface area contributed by atoms with Crippen LogP contribution < -0.4 is 5.48 Å².